The first-order chi connectivity index (χ1) is 8.83. The van der Waals surface area contributed by atoms with Crippen LogP contribution in [0.15, 0.2) is 18.3 Å². The van der Waals surface area contributed by atoms with Crippen LogP contribution in [0.25, 0.3) is 0 Å². The highest BCUT2D eigenvalue weighted by molar-refractivity contribution is 5.48. The molecule has 3 fully saturated rings. The van der Waals surface area contributed by atoms with Gasteiger partial charge < -0.3 is 5.32 Å². The monoisotopic (exact) mass is 242 g/mol. The van der Waals surface area contributed by atoms with Crippen LogP contribution in [0.1, 0.15) is 37.8 Å². The summed E-state index contributed by atoms with van der Waals surface area (Å²) in [6, 6.07) is 4.94. The highest BCUT2D eigenvalue weighted by atomic mass is 15.0. The summed E-state index contributed by atoms with van der Waals surface area (Å²) in [5.41, 5.74) is 2.40. The maximum absolute atomic E-state index is 4.39. The van der Waals surface area contributed by atoms with Crippen LogP contribution in [0.5, 0.6) is 0 Å². The Morgan fingerprint density at radius 3 is 2.94 bits per heavy atom. The quantitative estimate of drug-likeness (QED) is 0.856. The summed E-state index contributed by atoms with van der Waals surface area (Å²) in [6.45, 7) is 2.11. The van der Waals surface area contributed by atoms with Gasteiger partial charge in [0.05, 0.1) is 11.4 Å². The molecule has 0 spiro atoms. The Balaban J connectivity index is 1.53. The van der Waals surface area contributed by atoms with E-state index in [1.54, 1.807) is 0 Å². The Morgan fingerprint density at radius 1 is 1.17 bits per heavy atom. The predicted octanol–water partition coefficient (Wildman–Crippen LogP) is 3.63. The van der Waals surface area contributed by atoms with Crippen molar-refractivity contribution in [2.24, 2.45) is 23.7 Å². The van der Waals surface area contributed by atoms with E-state index in [9.17, 15) is 0 Å². The molecule has 2 bridgehead atoms. The summed E-state index contributed by atoms with van der Waals surface area (Å²) >= 11 is 0. The molecule has 3 saturated carbocycles. The lowest BCUT2D eigenvalue weighted by Crippen LogP contribution is -2.34. The van der Waals surface area contributed by atoms with Gasteiger partial charge in [0.1, 0.15) is 0 Å². The molecule has 0 amide bonds. The van der Waals surface area contributed by atoms with Gasteiger partial charge in [-0.1, -0.05) is 6.42 Å². The number of nitrogens with zero attached hydrogens (tertiary/aromatic N) is 1. The molecule has 3 aliphatic carbocycles. The molecule has 1 heterocycles. The molecule has 18 heavy (non-hydrogen) atoms. The van der Waals surface area contributed by atoms with E-state index in [4.69, 9.17) is 0 Å². The third-order valence-electron chi connectivity index (χ3n) is 5.78. The van der Waals surface area contributed by atoms with Crippen LogP contribution in [-0.4, -0.2) is 11.0 Å². The first-order valence-corrected chi connectivity index (χ1v) is 7.51. The molecule has 1 N–H and O–H groups in total. The number of rotatable bonds is 2. The van der Waals surface area contributed by atoms with Crippen LogP contribution < -0.4 is 5.32 Å². The van der Waals surface area contributed by atoms with E-state index in [-0.39, 0.29) is 0 Å². The van der Waals surface area contributed by atoms with Crippen LogP contribution in [0.3, 0.4) is 0 Å². The third kappa shape index (κ3) is 1.51. The van der Waals surface area contributed by atoms with Crippen LogP contribution >= 0.6 is 0 Å². The molecular weight excluding hydrogens is 220 g/mol. The lowest BCUT2D eigenvalue weighted by molar-refractivity contribution is 0.243. The zero-order valence-electron chi connectivity index (χ0n) is 11.1. The van der Waals surface area contributed by atoms with Crippen molar-refractivity contribution in [3.8, 4) is 0 Å². The van der Waals surface area contributed by atoms with Crippen molar-refractivity contribution >= 4 is 5.69 Å². The molecule has 1 aromatic heterocycles. The second-order valence-corrected chi connectivity index (χ2v) is 6.54. The fourth-order valence-corrected chi connectivity index (χ4v) is 5.07. The number of fused-ring (bicyclic) bond motifs is 5. The molecular formula is C16H22N2. The smallest absolute Gasteiger partial charge is 0.0603 e. The van der Waals surface area contributed by atoms with Crippen LogP contribution in [-0.2, 0) is 0 Å². The molecule has 5 unspecified atom stereocenters. The maximum atomic E-state index is 4.39. The molecule has 4 rings (SSSR count). The molecule has 5 atom stereocenters. The molecule has 2 nitrogen and oxygen atoms in total. The minimum Gasteiger partial charge on any atom is -0.381 e. The Kier molecular flexibility index (Phi) is 2.39. The predicted molar refractivity (Wildman–Crippen MR) is 73.4 cm³/mol. The highest BCUT2D eigenvalue weighted by Crippen LogP contribution is 2.59. The molecule has 0 aromatic carbocycles. The summed E-state index contributed by atoms with van der Waals surface area (Å²) in [4.78, 5) is 4.39. The number of nitrogens with one attached hydrogen (secondary N) is 1. The summed E-state index contributed by atoms with van der Waals surface area (Å²) in [5, 5.41) is 3.79. The molecule has 1 aromatic rings. The number of hydrogen-bond donors (Lipinski definition) is 1. The Labute approximate surface area is 109 Å². The van der Waals surface area contributed by atoms with Gasteiger partial charge in [0, 0.05) is 12.2 Å². The van der Waals surface area contributed by atoms with Crippen molar-refractivity contribution in [2.45, 2.75) is 45.1 Å². The third-order valence-corrected chi connectivity index (χ3v) is 5.78. The SMILES string of the molecule is Cc1ncccc1NC1CC2CC1C1CCCC21. The minimum atomic E-state index is 0.720. The summed E-state index contributed by atoms with van der Waals surface area (Å²) in [7, 11) is 0. The summed E-state index contributed by atoms with van der Waals surface area (Å²) < 4.78 is 0. The van der Waals surface area contributed by atoms with Gasteiger partial charge in [0.25, 0.3) is 0 Å². The number of aromatic nitrogens is 1. The average molecular weight is 242 g/mol. The largest absolute Gasteiger partial charge is 0.381 e. The lowest BCUT2D eigenvalue weighted by Gasteiger charge is -2.32. The first kappa shape index (κ1) is 10.8. The molecule has 0 radical (unpaired) electrons. The van der Waals surface area contributed by atoms with E-state index >= 15 is 0 Å². The van der Waals surface area contributed by atoms with Crippen molar-refractivity contribution in [1.29, 1.82) is 0 Å². The molecule has 2 heteroatoms. The number of hydrogen-bond acceptors (Lipinski definition) is 2. The molecule has 0 saturated heterocycles. The van der Waals surface area contributed by atoms with Gasteiger partial charge in [-0.2, -0.15) is 0 Å². The van der Waals surface area contributed by atoms with Gasteiger partial charge in [0.15, 0.2) is 0 Å². The number of aryl methyl sites for hydroxylation is 1. The van der Waals surface area contributed by atoms with E-state index in [2.05, 4.69) is 23.3 Å². The van der Waals surface area contributed by atoms with Gasteiger partial charge in [-0.05, 0) is 68.4 Å². The zero-order chi connectivity index (χ0) is 12.1. The van der Waals surface area contributed by atoms with Gasteiger partial charge in [-0.3, -0.25) is 4.98 Å². The summed E-state index contributed by atoms with van der Waals surface area (Å²) in [6.07, 6.45) is 9.28. The van der Waals surface area contributed by atoms with Crippen molar-refractivity contribution in [3.63, 3.8) is 0 Å². The fourth-order valence-electron chi connectivity index (χ4n) is 5.07. The Hall–Kier alpha value is -1.05. The maximum Gasteiger partial charge on any atom is 0.0603 e. The molecule has 3 aliphatic rings. The van der Waals surface area contributed by atoms with E-state index in [0.29, 0.717) is 0 Å². The van der Waals surface area contributed by atoms with Gasteiger partial charge in [-0.15, -0.1) is 0 Å². The fraction of sp³-hybridized carbons (Fsp3) is 0.688. The van der Waals surface area contributed by atoms with Crippen LogP contribution in [0.2, 0.25) is 0 Å². The van der Waals surface area contributed by atoms with Crippen LogP contribution in [0.4, 0.5) is 5.69 Å². The van der Waals surface area contributed by atoms with E-state index in [1.165, 1.54) is 37.8 Å². The Bertz CT molecular complexity index is 456. The standard InChI is InChI=1S/C16H22N2/c1-10-15(6-3-7-17-10)18-16-9-11-8-14(16)13-5-2-4-12(11)13/h3,6-7,11-14,16,18H,2,4-5,8-9H2,1H3. The van der Waals surface area contributed by atoms with Crippen LogP contribution in [0, 0.1) is 30.6 Å². The normalized spacial score (nSPS) is 41.1. The second-order valence-electron chi connectivity index (χ2n) is 6.54. The topological polar surface area (TPSA) is 24.9 Å². The van der Waals surface area contributed by atoms with E-state index < -0.39 is 0 Å². The molecule has 96 valence electrons. The van der Waals surface area contributed by atoms with E-state index in [0.717, 1.165) is 35.4 Å². The van der Waals surface area contributed by atoms with Crippen molar-refractivity contribution < 1.29 is 0 Å². The molecule has 0 aliphatic heterocycles. The van der Waals surface area contributed by atoms with Crippen molar-refractivity contribution in [2.75, 3.05) is 5.32 Å². The zero-order valence-corrected chi connectivity index (χ0v) is 11.1. The first-order valence-electron chi connectivity index (χ1n) is 7.51. The average Bonchev–Trinajstić information content (AvgIpc) is 3.03. The highest BCUT2D eigenvalue weighted by Gasteiger charge is 2.53. The van der Waals surface area contributed by atoms with Gasteiger partial charge in [0.2, 0.25) is 0 Å². The summed E-state index contributed by atoms with van der Waals surface area (Å²) in [5.74, 6) is 4.10. The number of anilines is 1. The lowest BCUT2D eigenvalue weighted by atomic mass is 9.79. The number of pyridine rings is 1. The van der Waals surface area contributed by atoms with Gasteiger partial charge in [-0.25, -0.2) is 0 Å². The van der Waals surface area contributed by atoms with E-state index in [1.807, 2.05) is 12.3 Å². The van der Waals surface area contributed by atoms with Gasteiger partial charge >= 0.3 is 0 Å². The second kappa shape index (κ2) is 3.97. The van der Waals surface area contributed by atoms with Crippen molar-refractivity contribution in [3.05, 3.63) is 24.0 Å². The Morgan fingerprint density at radius 2 is 2.06 bits per heavy atom. The van der Waals surface area contributed by atoms with Crippen molar-refractivity contribution in [1.82, 2.24) is 4.98 Å². The minimum absolute atomic E-state index is 0.720.